The number of rotatable bonds is 9. The molecule has 2 aromatic heterocycles. The summed E-state index contributed by atoms with van der Waals surface area (Å²) in [5.41, 5.74) is 7.98. The largest absolute Gasteiger partial charge is 0.507 e. The number of aromatic hydroxyl groups is 1. The Morgan fingerprint density at radius 3 is 2.06 bits per heavy atom. The first kappa shape index (κ1) is 34.7. The van der Waals surface area contributed by atoms with Crippen LogP contribution in [-0.2, 0) is 31.9 Å². The van der Waals surface area contributed by atoms with Crippen molar-refractivity contribution in [2.75, 3.05) is 0 Å². The van der Waals surface area contributed by atoms with Crippen LogP contribution in [0.15, 0.2) is 127 Å². The molecule has 0 amide bonds. The Kier molecular flexibility index (Phi) is 9.81. The van der Waals surface area contributed by atoms with Crippen LogP contribution in [0.2, 0.25) is 0 Å². The fraction of sp³-hybridized carbons (Fsp3) is 0.300. The third kappa shape index (κ3) is 9.43. The summed E-state index contributed by atoms with van der Waals surface area (Å²) in [6.45, 7) is 21.7. The molecule has 0 aliphatic rings. The molecule has 4 nitrogen and oxygen atoms in total. The monoisotopic (exact) mass is 1050 g/mol. The van der Waals surface area contributed by atoms with E-state index in [1.807, 2.05) is 102 Å². The van der Waals surface area contributed by atoms with E-state index >= 15 is 0 Å². The third-order valence-electron chi connectivity index (χ3n) is 11.9. The van der Waals surface area contributed by atoms with Crippen LogP contribution in [0.4, 0.5) is 0 Å². The molecule has 0 unspecified atom stereocenters. The zero-order valence-electron chi connectivity index (χ0n) is 50.3. The maximum Gasteiger partial charge on any atom is 0.148 e. The van der Waals surface area contributed by atoms with Crippen LogP contribution in [0.25, 0.3) is 72.7 Å². The maximum atomic E-state index is 12.3. The van der Waals surface area contributed by atoms with E-state index in [2.05, 4.69) is 76.0 Å². The van der Waals surface area contributed by atoms with Crippen molar-refractivity contribution < 1.29 is 41.3 Å². The minimum absolute atomic E-state index is 0. The van der Waals surface area contributed by atoms with E-state index in [4.69, 9.17) is 17.3 Å². The molecule has 0 atom stereocenters. The summed E-state index contributed by atoms with van der Waals surface area (Å²) in [7, 11) is 0. The molecular formula is C60H64N3OPt-. The normalized spacial score (nSPS) is 14.9. The van der Waals surface area contributed by atoms with Gasteiger partial charge in [0.1, 0.15) is 11.6 Å². The number of hydrogen-bond acceptors (Lipinski definition) is 3. The summed E-state index contributed by atoms with van der Waals surface area (Å²) in [6, 6.07) is 27.4. The number of benzene rings is 6. The third-order valence-corrected chi connectivity index (χ3v) is 11.9. The van der Waals surface area contributed by atoms with Gasteiger partial charge in [-0.3, -0.25) is 9.55 Å². The molecule has 0 bridgehead atoms. The molecule has 5 heteroatoms. The van der Waals surface area contributed by atoms with Crippen molar-refractivity contribution in [2.45, 2.75) is 118 Å². The van der Waals surface area contributed by atoms with Crippen molar-refractivity contribution >= 4 is 11.0 Å². The number of phenolic OH excluding ortho intramolecular Hbond substituents is 1. The van der Waals surface area contributed by atoms with Crippen molar-refractivity contribution in [3.63, 3.8) is 0 Å². The van der Waals surface area contributed by atoms with Gasteiger partial charge in [-0.05, 0) is 110 Å². The van der Waals surface area contributed by atoms with Crippen LogP contribution in [0, 0.1) is 12.9 Å². The predicted octanol–water partition coefficient (Wildman–Crippen LogP) is 16.5. The van der Waals surface area contributed by atoms with Gasteiger partial charge in [0.05, 0.1) is 26.2 Å². The first-order chi connectivity index (χ1) is 34.7. The number of imidazole rings is 1. The Morgan fingerprint density at radius 1 is 0.692 bits per heavy atom. The molecule has 336 valence electrons. The Morgan fingerprint density at radius 2 is 1.40 bits per heavy atom. The van der Waals surface area contributed by atoms with Gasteiger partial charge in [-0.15, -0.1) is 29.3 Å². The van der Waals surface area contributed by atoms with Crippen LogP contribution in [0.5, 0.6) is 5.75 Å². The second-order valence-electron chi connectivity index (χ2n) is 19.7. The standard InChI is InChI=1S/C60H64N3O.Pt/c1-36(2)42-32-51(38(5)6)57(64)52(33-42)58-62-56-47(43-29-44(31-45(30-43)59(8,9)10)54-34-41(27-28-61-54)40-23-21-39(7)22-24-40)18-16-20-55(56)63(58)46-25-26-48(50(35-46)37(3)4)49-17-14-15-19-53(49)60(11,12)13;/h14-28,30-38,64H,1-13H3;/q-1;/i7D3,21D,22D,23D,24D,27D,28D,34D,37D;. The number of fused-ring (bicyclic) bond motifs is 1. The SMILES string of the molecule is [2H]c1nc(-c2[c-]c(-c3cccc4c3nc(-c3cc(C(C)C)cc(C(C)C)c3O)n4-c3ccc(-c4ccccc4C(C)(C)C)c(C([2H])(C)C)c3)cc(C(C)(C)C)c2)c([2H])c(-c2c([2H])c([2H])c(C([2H])([2H])[2H])c([2H])c2[2H])c1[2H].[Pt]. The fourth-order valence-electron chi connectivity index (χ4n) is 8.36. The summed E-state index contributed by atoms with van der Waals surface area (Å²) in [5.74, 6) is -0.388. The Bertz CT molecular complexity index is 3570. The Balaban J connectivity index is 0.00000840. The molecule has 6 aromatic carbocycles. The van der Waals surface area contributed by atoms with Gasteiger partial charge in [-0.2, -0.15) is 0 Å². The number of nitrogens with zero attached hydrogens (tertiary/aromatic N) is 3. The van der Waals surface area contributed by atoms with Gasteiger partial charge in [0.2, 0.25) is 0 Å². The molecule has 0 spiro atoms. The zero-order chi connectivity index (χ0) is 55.3. The summed E-state index contributed by atoms with van der Waals surface area (Å²) >= 11 is 0. The molecule has 0 aliphatic carbocycles. The van der Waals surface area contributed by atoms with Crippen molar-refractivity contribution in [3.05, 3.63) is 167 Å². The van der Waals surface area contributed by atoms with Crippen LogP contribution in [0.1, 0.15) is 149 Å². The van der Waals surface area contributed by atoms with E-state index < -0.39 is 77.3 Å². The van der Waals surface area contributed by atoms with Gasteiger partial charge in [-0.25, -0.2) is 4.98 Å². The van der Waals surface area contributed by atoms with E-state index in [1.165, 1.54) is 0 Å². The second kappa shape index (κ2) is 18.4. The van der Waals surface area contributed by atoms with Crippen LogP contribution in [0.3, 0.4) is 0 Å². The molecule has 8 rings (SSSR count). The van der Waals surface area contributed by atoms with Crippen LogP contribution >= 0.6 is 0 Å². The minimum Gasteiger partial charge on any atom is -0.507 e. The molecule has 8 aromatic rings. The van der Waals surface area contributed by atoms with Crippen molar-refractivity contribution in [2.24, 2.45) is 0 Å². The molecule has 0 saturated heterocycles. The van der Waals surface area contributed by atoms with Gasteiger partial charge >= 0.3 is 0 Å². The van der Waals surface area contributed by atoms with Crippen molar-refractivity contribution in [1.82, 2.24) is 14.5 Å². The molecule has 0 fully saturated rings. The number of phenols is 1. The molecule has 0 radical (unpaired) electrons. The quantitative estimate of drug-likeness (QED) is 0.147. The Labute approximate surface area is 418 Å². The van der Waals surface area contributed by atoms with Gasteiger partial charge in [0, 0.05) is 44.1 Å². The van der Waals surface area contributed by atoms with E-state index in [0.29, 0.717) is 33.5 Å². The van der Waals surface area contributed by atoms with E-state index in [1.54, 1.807) is 6.07 Å². The number of aromatic nitrogens is 3. The number of pyridine rings is 1. The number of hydrogen-bond donors (Lipinski definition) is 1. The first-order valence-corrected chi connectivity index (χ1v) is 22.0. The summed E-state index contributed by atoms with van der Waals surface area (Å²) < 4.78 is 97.8. The average molecular weight is 1050 g/mol. The average Bonchev–Trinajstić information content (AvgIpc) is 3.71. The summed E-state index contributed by atoms with van der Waals surface area (Å²) in [6.07, 6.45) is -0.596. The predicted molar refractivity (Wildman–Crippen MR) is 271 cm³/mol. The molecular weight excluding hydrogens is 974 g/mol. The summed E-state index contributed by atoms with van der Waals surface area (Å²) in [4.78, 5) is 9.91. The molecule has 0 aliphatic heterocycles. The first-order valence-electron chi connectivity index (χ1n) is 27.5. The van der Waals surface area contributed by atoms with E-state index in [-0.39, 0.29) is 55.3 Å². The van der Waals surface area contributed by atoms with Crippen molar-refractivity contribution in [1.29, 1.82) is 0 Å². The molecule has 1 N–H and O–H groups in total. The van der Waals surface area contributed by atoms with Crippen LogP contribution in [-0.4, -0.2) is 19.6 Å². The van der Waals surface area contributed by atoms with Gasteiger partial charge in [0.25, 0.3) is 0 Å². The molecule has 65 heavy (non-hydrogen) atoms. The fourth-order valence-corrected chi connectivity index (χ4v) is 8.36. The smallest absolute Gasteiger partial charge is 0.148 e. The number of para-hydroxylation sites is 1. The maximum absolute atomic E-state index is 12.3. The molecule has 2 heterocycles. The van der Waals surface area contributed by atoms with Crippen molar-refractivity contribution in [3.8, 4) is 67.5 Å². The van der Waals surface area contributed by atoms with Gasteiger partial charge < -0.3 is 5.11 Å². The zero-order valence-corrected chi connectivity index (χ0v) is 41.6. The van der Waals surface area contributed by atoms with Gasteiger partial charge in [-0.1, -0.05) is 179 Å². The molecule has 0 saturated carbocycles. The van der Waals surface area contributed by atoms with E-state index in [9.17, 15) is 7.85 Å². The minimum atomic E-state index is -2.98. The summed E-state index contributed by atoms with van der Waals surface area (Å²) in [5, 5.41) is 12.3. The van der Waals surface area contributed by atoms with Gasteiger partial charge in [0.15, 0.2) is 0 Å². The van der Waals surface area contributed by atoms with E-state index in [0.717, 1.165) is 44.6 Å². The topological polar surface area (TPSA) is 50.9 Å². The van der Waals surface area contributed by atoms with Crippen LogP contribution < -0.4 is 0 Å². The Hall–Kier alpha value is -5.57. The second-order valence-corrected chi connectivity index (χ2v) is 19.7.